The van der Waals surface area contributed by atoms with E-state index in [-0.39, 0.29) is 0 Å². The van der Waals surface area contributed by atoms with Crippen LogP contribution < -0.4 is 4.90 Å². The molecule has 5 nitrogen and oxygen atoms in total. The number of hydrogen-bond acceptors (Lipinski definition) is 4. The Morgan fingerprint density at radius 2 is 1.02 bits per heavy atom. The third-order valence-electron chi connectivity index (χ3n) is 11.6. The second kappa shape index (κ2) is 13.8. The van der Waals surface area contributed by atoms with Crippen LogP contribution in [0.3, 0.4) is 0 Å². The summed E-state index contributed by atoms with van der Waals surface area (Å²) in [6.45, 7) is 0. The molecule has 0 saturated heterocycles. The van der Waals surface area contributed by atoms with Crippen molar-refractivity contribution in [1.29, 1.82) is 0 Å². The van der Waals surface area contributed by atoms with E-state index in [0.29, 0.717) is 11.5 Å². The summed E-state index contributed by atoms with van der Waals surface area (Å²) in [5.41, 5.74) is 15.2. The highest BCUT2D eigenvalue weighted by Crippen LogP contribution is 2.45. The molecule has 3 heterocycles. The molecule has 282 valence electrons. The van der Waals surface area contributed by atoms with E-state index in [1.807, 2.05) is 36.4 Å². The first-order chi connectivity index (χ1) is 29.7. The van der Waals surface area contributed by atoms with Gasteiger partial charge in [0.1, 0.15) is 16.7 Å². The van der Waals surface area contributed by atoms with E-state index in [1.54, 1.807) is 0 Å². The topological polar surface area (TPSA) is 47.3 Å². The molecule has 0 aliphatic heterocycles. The van der Waals surface area contributed by atoms with Gasteiger partial charge in [-0.2, -0.15) is 0 Å². The minimum atomic E-state index is 0.603. The van der Waals surface area contributed by atoms with Gasteiger partial charge in [-0.3, -0.25) is 0 Å². The van der Waals surface area contributed by atoms with Crippen LogP contribution in [0.5, 0.6) is 0 Å². The van der Waals surface area contributed by atoms with Crippen molar-refractivity contribution in [2.45, 2.75) is 0 Å². The molecule has 0 unspecified atom stereocenters. The van der Waals surface area contributed by atoms with Gasteiger partial charge < -0.3 is 18.3 Å². The van der Waals surface area contributed by atoms with Crippen LogP contribution in [0, 0.1) is 0 Å². The lowest BCUT2D eigenvalue weighted by Crippen LogP contribution is -2.11. The summed E-state index contributed by atoms with van der Waals surface area (Å²) in [6, 6.07) is 74.8. The van der Waals surface area contributed by atoms with Crippen molar-refractivity contribution >= 4 is 71.9 Å². The van der Waals surface area contributed by atoms with Crippen molar-refractivity contribution in [1.82, 2.24) is 9.55 Å². The molecular formula is C55H35N3O2. The average Bonchev–Trinajstić information content (AvgIpc) is 4.01. The van der Waals surface area contributed by atoms with E-state index in [2.05, 4.69) is 185 Å². The van der Waals surface area contributed by atoms with Crippen LogP contribution in [0.15, 0.2) is 221 Å². The minimum Gasteiger partial charge on any atom is -0.456 e. The molecular weight excluding hydrogens is 735 g/mol. The standard InChI is InChI=1S/C55H35N3O2/c1-4-14-36(15-5-1)39-18-12-21-43(32-39)57(50-25-13-23-46-44-22-10-11-24-49(44)58(54(46)50)41-19-8-3-9-20-41)42-29-26-37(27-30-42)40-28-31-45-47-34-48-53(35-52(47)59-51(45)33-40)60-55(56-48)38-16-6-2-7-17-38/h1-35H. The smallest absolute Gasteiger partial charge is 0.227 e. The van der Waals surface area contributed by atoms with E-state index in [9.17, 15) is 0 Å². The van der Waals surface area contributed by atoms with Gasteiger partial charge in [-0.1, -0.05) is 127 Å². The van der Waals surface area contributed by atoms with Gasteiger partial charge >= 0.3 is 0 Å². The Labute approximate surface area is 345 Å². The highest BCUT2D eigenvalue weighted by atomic mass is 16.4. The molecule has 0 aliphatic rings. The van der Waals surface area contributed by atoms with Crippen LogP contribution in [0.25, 0.3) is 94.2 Å². The maximum Gasteiger partial charge on any atom is 0.227 e. The Kier molecular flexibility index (Phi) is 7.78. The summed E-state index contributed by atoms with van der Waals surface area (Å²) in [7, 11) is 0. The Morgan fingerprint density at radius 1 is 0.383 bits per heavy atom. The number of fused-ring (bicyclic) bond motifs is 7. The van der Waals surface area contributed by atoms with Gasteiger partial charge in [-0.05, 0) is 101 Å². The molecule has 0 saturated carbocycles. The van der Waals surface area contributed by atoms with Gasteiger partial charge in [0.2, 0.25) is 5.89 Å². The number of furan rings is 1. The molecule has 0 atom stereocenters. The highest BCUT2D eigenvalue weighted by Gasteiger charge is 2.22. The number of para-hydroxylation sites is 3. The molecule has 0 radical (unpaired) electrons. The molecule has 0 bridgehead atoms. The summed E-state index contributed by atoms with van der Waals surface area (Å²) < 4.78 is 15.0. The monoisotopic (exact) mass is 769 g/mol. The molecule has 60 heavy (non-hydrogen) atoms. The van der Waals surface area contributed by atoms with E-state index in [4.69, 9.17) is 13.8 Å². The highest BCUT2D eigenvalue weighted by molar-refractivity contribution is 6.14. The van der Waals surface area contributed by atoms with Gasteiger partial charge in [0, 0.05) is 50.2 Å². The number of aromatic nitrogens is 2. The van der Waals surface area contributed by atoms with Crippen LogP contribution in [0.2, 0.25) is 0 Å². The molecule has 0 aliphatic carbocycles. The zero-order valence-electron chi connectivity index (χ0n) is 32.4. The fourth-order valence-corrected chi connectivity index (χ4v) is 8.79. The van der Waals surface area contributed by atoms with Gasteiger partial charge in [0.25, 0.3) is 0 Å². The largest absolute Gasteiger partial charge is 0.456 e. The number of rotatable bonds is 7. The average molecular weight is 770 g/mol. The van der Waals surface area contributed by atoms with E-state index in [0.717, 1.165) is 78.0 Å². The van der Waals surface area contributed by atoms with Crippen LogP contribution in [-0.4, -0.2) is 9.55 Å². The molecule has 0 amide bonds. The predicted molar refractivity (Wildman–Crippen MR) is 247 cm³/mol. The van der Waals surface area contributed by atoms with Gasteiger partial charge in [-0.15, -0.1) is 0 Å². The molecule has 5 heteroatoms. The Bertz CT molecular complexity index is 3530. The predicted octanol–water partition coefficient (Wildman–Crippen LogP) is 15.3. The Morgan fingerprint density at radius 3 is 1.83 bits per heavy atom. The summed E-state index contributed by atoms with van der Waals surface area (Å²) in [5.74, 6) is 0.603. The molecule has 9 aromatic carbocycles. The molecule has 0 fully saturated rings. The first kappa shape index (κ1) is 33.9. The summed E-state index contributed by atoms with van der Waals surface area (Å²) in [4.78, 5) is 7.20. The lowest BCUT2D eigenvalue weighted by Gasteiger charge is -2.28. The first-order valence-electron chi connectivity index (χ1n) is 20.2. The quantitative estimate of drug-likeness (QED) is 0.162. The fourth-order valence-electron chi connectivity index (χ4n) is 8.79. The van der Waals surface area contributed by atoms with Gasteiger partial charge in [-0.25, -0.2) is 4.98 Å². The summed E-state index contributed by atoms with van der Waals surface area (Å²) in [6.07, 6.45) is 0. The van der Waals surface area contributed by atoms with E-state index < -0.39 is 0 Å². The summed E-state index contributed by atoms with van der Waals surface area (Å²) >= 11 is 0. The second-order valence-corrected chi connectivity index (χ2v) is 15.2. The number of anilines is 3. The number of hydrogen-bond donors (Lipinski definition) is 0. The fraction of sp³-hybridized carbons (Fsp3) is 0. The van der Waals surface area contributed by atoms with Crippen molar-refractivity contribution in [3.8, 4) is 39.4 Å². The SMILES string of the molecule is c1ccc(-c2cccc(N(c3ccc(-c4ccc5c(c4)oc4cc6oc(-c7ccccc7)nc6cc45)cc3)c3cccc4c5ccccc5n(-c5ccccc5)c34)c2)cc1. The molecule has 0 spiro atoms. The maximum absolute atomic E-state index is 6.48. The zero-order chi connectivity index (χ0) is 39.6. The van der Waals surface area contributed by atoms with Crippen LogP contribution >= 0.6 is 0 Å². The third kappa shape index (κ3) is 5.59. The molecule has 12 rings (SSSR count). The Hall–Kier alpha value is -8.15. The molecule has 3 aromatic heterocycles. The number of nitrogens with zero attached hydrogens (tertiary/aromatic N) is 3. The third-order valence-corrected chi connectivity index (χ3v) is 11.6. The second-order valence-electron chi connectivity index (χ2n) is 15.2. The number of oxazole rings is 1. The molecule has 12 aromatic rings. The lowest BCUT2D eigenvalue weighted by atomic mass is 10.0. The van der Waals surface area contributed by atoms with Crippen molar-refractivity contribution in [3.05, 3.63) is 212 Å². The van der Waals surface area contributed by atoms with E-state index >= 15 is 0 Å². The van der Waals surface area contributed by atoms with Crippen LogP contribution in [-0.2, 0) is 0 Å². The minimum absolute atomic E-state index is 0.603. The number of benzene rings is 9. The van der Waals surface area contributed by atoms with Crippen molar-refractivity contribution < 1.29 is 8.83 Å². The summed E-state index contributed by atoms with van der Waals surface area (Å²) in [5, 5.41) is 4.48. The normalized spacial score (nSPS) is 11.7. The van der Waals surface area contributed by atoms with Crippen molar-refractivity contribution in [2.75, 3.05) is 4.90 Å². The van der Waals surface area contributed by atoms with Gasteiger partial charge in [0.05, 0.1) is 16.7 Å². The first-order valence-corrected chi connectivity index (χ1v) is 20.2. The van der Waals surface area contributed by atoms with Crippen LogP contribution in [0.4, 0.5) is 17.1 Å². The maximum atomic E-state index is 6.48. The van der Waals surface area contributed by atoms with Gasteiger partial charge in [0.15, 0.2) is 5.58 Å². The van der Waals surface area contributed by atoms with Crippen LogP contribution in [0.1, 0.15) is 0 Å². The van der Waals surface area contributed by atoms with E-state index in [1.165, 1.54) is 21.9 Å². The zero-order valence-corrected chi connectivity index (χ0v) is 32.4. The van der Waals surface area contributed by atoms with Crippen molar-refractivity contribution in [2.24, 2.45) is 0 Å². The molecule has 0 N–H and O–H groups in total. The lowest BCUT2D eigenvalue weighted by molar-refractivity contribution is 0.617. The van der Waals surface area contributed by atoms with Crippen molar-refractivity contribution in [3.63, 3.8) is 0 Å². The Balaban J connectivity index is 0.984.